The van der Waals surface area contributed by atoms with E-state index in [2.05, 4.69) is 27.5 Å². The molecule has 4 heteroatoms. The van der Waals surface area contributed by atoms with Crippen molar-refractivity contribution in [1.29, 1.82) is 0 Å². The Morgan fingerprint density at radius 3 is 2.88 bits per heavy atom. The molecule has 0 radical (unpaired) electrons. The average molecular weight is 234 g/mol. The summed E-state index contributed by atoms with van der Waals surface area (Å²) in [6.45, 7) is 4.10. The Labute approximate surface area is 103 Å². The molecule has 0 atom stereocenters. The smallest absolute Gasteiger partial charge is 0.224 e. The molecule has 4 nitrogen and oxygen atoms in total. The van der Waals surface area contributed by atoms with E-state index >= 15 is 0 Å². The largest absolute Gasteiger partial charge is 0.370 e. The topological polar surface area (TPSA) is 49.8 Å². The molecule has 0 bridgehead atoms. The Morgan fingerprint density at radius 1 is 1.29 bits per heavy atom. The van der Waals surface area contributed by atoms with Crippen LogP contribution in [0.4, 0.5) is 11.8 Å². The minimum atomic E-state index is 0.725. The van der Waals surface area contributed by atoms with E-state index in [4.69, 9.17) is 0 Å². The van der Waals surface area contributed by atoms with Crippen LogP contribution in [0, 0.1) is 5.92 Å². The van der Waals surface area contributed by atoms with Crippen molar-refractivity contribution in [3.8, 4) is 0 Å². The minimum absolute atomic E-state index is 0.725. The van der Waals surface area contributed by atoms with Crippen LogP contribution in [0.3, 0.4) is 0 Å². The first kappa shape index (κ1) is 12.1. The Hall–Kier alpha value is -1.32. The van der Waals surface area contributed by atoms with Gasteiger partial charge in [0, 0.05) is 19.3 Å². The Balaban J connectivity index is 1.82. The molecule has 1 fully saturated rings. The van der Waals surface area contributed by atoms with Gasteiger partial charge >= 0.3 is 0 Å². The highest BCUT2D eigenvalue weighted by Crippen LogP contribution is 2.24. The molecular weight excluding hydrogens is 212 g/mol. The maximum absolute atomic E-state index is 4.44. The monoisotopic (exact) mass is 234 g/mol. The van der Waals surface area contributed by atoms with Crippen molar-refractivity contribution in [3.63, 3.8) is 0 Å². The lowest BCUT2D eigenvalue weighted by atomic mass is 10.1. The number of hydrogen-bond donors (Lipinski definition) is 2. The minimum Gasteiger partial charge on any atom is -0.370 e. The summed E-state index contributed by atoms with van der Waals surface area (Å²) in [5.41, 5.74) is 0. The van der Waals surface area contributed by atoms with Gasteiger partial charge in [0.1, 0.15) is 5.82 Å². The third-order valence-corrected chi connectivity index (χ3v) is 3.24. The quantitative estimate of drug-likeness (QED) is 0.794. The fourth-order valence-corrected chi connectivity index (χ4v) is 2.24. The molecule has 0 saturated heterocycles. The van der Waals surface area contributed by atoms with Crippen molar-refractivity contribution in [2.24, 2.45) is 5.92 Å². The van der Waals surface area contributed by atoms with Crippen molar-refractivity contribution in [1.82, 2.24) is 9.97 Å². The lowest BCUT2D eigenvalue weighted by Crippen LogP contribution is -2.13. The summed E-state index contributed by atoms with van der Waals surface area (Å²) in [6, 6.07) is 1.94. The van der Waals surface area contributed by atoms with Crippen molar-refractivity contribution >= 4 is 11.8 Å². The van der Waals surface area contributed by atoms with E-state index in [9.17, 15) is 0 Å². The highest BCUT2D eigenvalue weighted by atomic mass is 15.1. The molecule has 1 aromatic heterocycles. The zero-order chi connectivity index (χ0) is 11.9. The van der Waals surface area contributed by atoms with E-state index < -0.39 is 0 Å². The SMILES string of the molecule is CCCNc1nccc(NCC2CCCC2)n1. The first-order valence-corrected chi connectivity index (χ1v) is 6.69. The standard InChI is InChI=1S/C13H22N4/c1-2-8-14-13-15-9-7-12(17-13)16-10-11-5-3-4-6-11/h7,9,11H,2-6,8,10H2,1H3,(H2,14,15,16,17). The fraction of sp³-hybridized carbons (Fsp3) is 0.692. The van der Waals surface area contributed by atoms with Gasteiger partial charge in [-0.1, -0.05) is 19.8 Å². The number of rotatable bonds is 6. The Bertz CT molecular complexity index is 334. The van der Waals surface area contributed by atoms with Crippen molar-refractivity contribution in [3.05, 3.63) is 12.3 Å². The molecule has 0 aliphatic heterocycles. The normalized spacial score (nSPS) is 16.1. The number of hydrogen-bond acceptors (Lipinski definition) is 4. The summed E-state index contributed by atoms with van der Waals surface area (Å²) in [6.07, 6.45) is 8.39. The van der Waals surface area contributed by atoms with Gasteiger partial charge in [-0.15, -0.1) is 0 Å². The van der Waals surface area contributed by atoms with Gasteiger partial charge in [-0.2, -0.15) is 4.98 Å². The molecule has 17 heavy (non-hydrogen) atoms. The third-order valence-electron chi connectivity index (χ3n) is 3.24. The number of anilines is 2. The lowest BCUT2D eigenvalue weighted by molar-refractivity contribution is 0.579. The van der Waals surface area contributed by atoms with E-state index in [1.165, 1.54) is 25.7 Å². The van der Waals surface area contributed by atoms with Gasteiger partial charge in [0.15, 0.2) is 0 Å². The van der Waals surface area contributed by atoms with E-state index in [0.717, 1.165) is 37.2 Å². The second kappa shape index (κ2) is 6.42. The number of nitrogens with one attached hydrogen (secondary N) is 2. The summed E-state index contributed by atoms with van der Waals surface area (Å²) in [5.74, 6) is 2.49. The molecule has 0 spiro atoms. The molecule has 0 amide bonds. The highest BCUT2D eigenvalue weighted by Gasteiger charge is 2.14. The highest BCUT2D eigenvalue weighted by molar-refractivity contribution is 5.39. The average Bonchev–Trinajstić information content (AvgIpc) is 2.87. The van der Waals surface area contributed by atoms with Crippen molar-refractivity contribution < 1.29 is 0 Å². The predicted molar refractivity (Wildman–Crippen MR) is 71.3 cm³/mol. The third kappa shape index (κ3) is 3.88. The van der Waals surface area contributed by atoms with Gasteiger partial charge in [0.25, 0.3) is 0 Å². The van der Waals surface area contributed by atoms with Gasteiger partial charge in [0.05, 0.1) is 0 Å². The zero-order valence-electron chi connectivity index (χ0n) is 10.6. The molecule has 1 aliphatic rings. The van der Waals surface area contributed by atoms with Gasteiger partial charge in [-0.25, -0.2) is 4.98 Å². The molecule has 1 aliphatic carbocycles. The maximum Gasteiger partial charge on any atom is 0.224 e. The van der Waals surface area contributed by atoms with E-state index in [1.54, 1.807) is 0 Å². The van der Waals surface area contributed by atoms with Crippen LogP contribution in [-0.2, 0) is 0 Å². The van der Waals surface area contributed by atoms with E-state index in [1.807, 2.05) is 12.3 Å². The predicted octanol–water partition coefficient (Wildman–Crippen LogP) is 2.90. The molecule has 2 rings (SSSR count). The van der Waals surface area contributed by atoms with Gasteiger partial charge < -0.3 is 10.6 Å². The summed E-state index contributed by atoms with van der Waals surface area (Å²) in [7, 11) is 0. The first-order chi connectivity index (χ1) is 8.38. The summed E-state index contributed by atoms with van der Waals surface area (Å²) in [5, 5.41) is 6.61. The Kier molecular flexibility index (Phi) is 4.59. The van der Waals surface area contributed by atoms with Crippen LogP contribution in [0.2, 0.25) is 0 Å². The summed E-state index contributed by atoms with van der Waals surface area (Å²) in [4.78, 5) is 8.63. The second-order valence-corrected chi connectivity index (χ2v) is 4.72. The molecule has 94 valence electrons. The van der Waals surface area contributed by atoms with Crippen LogP contribution in [0.1, 0.15) is 39.0 Å². The van der Waals surface area contributed by atoms with Crippen LogP contribution in [0.5, 0.6) is 0 Å². The lowest BCUT2D eigenvalue weighted by Gasteiger charge is -2.11. The number of aromatic nitrogens is 2. The molecule has 0 unspecified atom stereocenters. The van der Waals surface area contributed by atoms with Crippen LogP contribution >= 0.6 is 0 Å². The zero-order valence-corrected chi connectivity index (χ0v) is 10.6. The molecule has 1 saturated carbocycles. The van der Waals surface area contributed by atoms with E-state index in [0.29, 0.717) is 0 Å². The first-order valence-electron chi connectivity index (χ1n) is 6.69. The Morgan fingerprint density at radius 2 is 2.12 bits per heavy atom. The van der Waals surface area contributed by atoms with Crippen LogP contribution in [0.15, 0.2) is 12.3 Å². The molecule has 1 aromatic rings. The van der Waals surface area contributed by atoms with Crippen LogP contribution < -0.4 is 10.6 Å². The molecule has 2 N–H and O–H groups in total. The number of nitrogens with zero attached hydrogens (tertiary/aromatic N) is 2. The van der Waals surface area contributed by atoms with Crippen molar-refractivity contribution in [2.45, 2.75) is 39.0 Å². The molecule has 1 heterocycles. The van der Waals surface area contributed by atoms with Crippen molar-refractivity contribution in [2.75, 3.05) is 23.7 Å². The van der Waals surface area contributed by atoms with E-state index in [-0.39, 0.29) is 0 Å². The maximum atomic E-state index is 4.44. The second-order valence-electron chi connectivity index (χ2n) is 4.72. The summed E-state index contributed by atoms with van der Waals surface area (Å²) >= 11 is 0. The molecule has 0 aromatic carbocycles. The van der Waals surface area contributed by atoms with Gasteiger partial charge in [-0.3, -0.25) is 0 Å². The summed E-state index contributed by atoms with van der Waals surface area (Å²) < 4.78 is 0. The van der Waals surface area contributed by atoms with Crippen LogP contribution in [0.25, 0.3) is 0 Å². The van der Waals surface area contributed by atoms with Gasteiger partial charge in [-0.05, 0) is 31.2 Å². The fourth-order valence-electron chi connectivity index (χ4n) is 2.24. The van der Waals surface area contributed by atoms with Gasteiger partial charge in [0.2, 0.25) is 5.95 Å². The van der Waals surface area contributed by atoms with Crippen LogP contribution in [-0.4, -0.2) is 23.1 Å². The molecular formula is C13H22N4.